The van der Waals surface area contributed by atoms with Gasteiger partial charge in [0.15, 0.2) is 0 Å². The van der Waals surface area contributed by atoms with Gasteiger partial charge in [-0.2, -0.15) is 0 Å². The van der Waals surface area contributed by atoms with Gasteiger partial charge in [-0.25, -0.2) is 4.98 Å². The predicted molar refractivity (Wildman–Crippen MR) is 176 cm³/mol. The SMILES string of the molecule is CNC(=O)[C@H](Cc1cn(C(c2ccccc2)(c2ccccc2)c2ccccc2)cn1)NC(=O)CN(CC(=O)O)Cc1ccccc1. The van der Waals surface area contributed by atoms with Crippen LogP contribution in [0.3, 0.4) is 0 Å². The van der Waals surface area contributed by atoms with Crippen LogP contribution >= 0.6 is 0 Å². The van der Waals surface area contributed by atoms with Crippen LogP contribution in [0, 0.1) is 0 Å². The molecule has 234 valence electrons. The van der Waals surface area contributed by atoms with E-state index in [0.29, 0.717) is 5.69 Å². The number of amides is 2. The van der Waals surface area contributed by atoms with Crippen molar-refractivity contribution in [3.8, 4) is 0 Å². The van der Waals surface area contributed by atoms with Gasteiger partial charge in [-0.05, 0) is 22.3 Å². The highest BCUT2D eigenvalue weighted by Gasteiger charge is 2.38. The minimum absolute atomic E-state index is 0.129. The van der Waals surface area contributed by atoms with Crippen molar-refractivity contribution in [2.24, 2.45) is 0 Å². The van der Waals surface area contributed by atoms with Gasteiger partial charge in [0.1, 0.15) is 11.6 Å². The molecule has 0 saturated carbocycles. The molecule has 5 aromatic rings. The quantitative estimate of drug-likeness (QED) is 0.162. The van der Waals surface area contributed by atoms with E-state index < -0.39 is 23.5 Å². The van der Waals surface area contributed by atoms with Crippen molar-refractivity contribution >= 4 is 17.8 Å². The van der Waals surface area contributed by atoms with Crippen LogP contribution in [0.2, 0.25) is 0 Å². The van der Waals surface area contributed by atoms with Crippen LogP contribution in [-0.4, -0.2) is 63.5 Å². The third kappa shape index (κ3) is 7.39. The number of aromatic nitrogens is 2. The fourth-order valence-corrected chi connectivity index (χ4v) is 5.87. The maximum Gasteiger partial charge on any atom is 0.317 e. The van der Waals surface area contributed by atoms with Crippen molar-refractivity contribution in [1.29, 1.82) is 0 Å². The molecule has 3 N–H and O–H groups in total. The Morgan fingerprint density at radius 1 is 0.783 bits per heavy atom. The second-order valence-electron chi connectivity index (χ2n) is 11.0. The molecule has 0 aliphatic rings. The van der Waals surface area contributed by atoms with E-state index in [1.807, 2.05) is 91.1 Å². The number of carboxylic acids is 1. The van der Waals surface area contributed by atoms with E-state index in [4.69, 9.17) is 4.98 Å². The average Bonchev–Trinajstić information content (AvgIpc) is 3.54. The monoisotopic (exact) mass is 615 g/mol. The highest BCUT2D eigenvalue weighted by atomic mass is 16.4. The number of rotatable bonds is 14. The molecule has 4 aromatic carbocycles. The van der Waals surface area contributed by atoms with Gasteiger partial charge in [0.2, 0.25) is 11.8 Å². The number of imidazole rings is 1. The Hall–Kier alpha value is -5.54. The van der Waals surface area contributed by atoms with Gasteiger partial charge in [0.25, 0.3) is 0 Å². The maximum atomic E-state index is 13.2. The molecule has 0 bridgehead atoms. The standard InChI is InChI=1S/C37H37N5O4/c1-38-36(46)33(40-34(43)25-41(26-35(44)45)23-28-14-6-2-7-15-28)22-32-24-42(27-39-32)37(29-16-8-3-9-17-29,30-18-10-4-11-19-30)31-20-12-5-13-21-31/h2-21,24,27,33H,22-23,25-26H2,1H3,(H,38,46)(H,40,43)(H,44,45)/t33-/m0/s1. The first-order valence-corrected chi connectivity index (χ1v) is 15.1. The summed E-state index contributed by atoms with van der Waals surface area (Å²) in [5, 5.41) is 14.9. The normalized spacial score (nSPS) is 12.0. The predicted octanol–water partition coefficient (Wildman–Crippen LogP) is 4.08. The Morgan fingerprint density at radius 3 is 1.76 bits per heavy atom. The lowest BCUT2D eigenvalue weighted by Gasteiger charge is -2.37. The van der Waals surface area contributed by atoms with E-state index >= 15 is 0 Å². The summed E-state index contributed by atoms with van der Waals surface area (Å²) < 4.78 is 2.06. The molecular formula is C37H37N5O4. The van der Waals surface area contributed by atoms with E-state index in [1.54, 1.807) is 6.33 Å². The zero-order valence-corrected chi connectivity index (χ0v) is 25.6. The van der Waals surface area contributed by atoms with E-state index in [1.165, 1.54) is 11.9 Å². The van der Waals surface area contributed by atoms with Crippen LogP contribution in [0.5, 0.6) is 0 Å². The molecule has 9 heteroatoms. The number of hydrogen-bond donors (Lipinski definition) is 3. The summed E-state index contributed by atoms with van der Waals surface area (Å²) in [4.78, 5) is 44.0. The van der Waals surface area contributed by atoms with Crippen molar-refractivity contribution in [2.75, 3.05) is 20.1 Å². The number of carboxylic acid groups (broad SMARTS) is 1. The zero-order valence-electron chi connectivity index (χ0n) is 25.6. The van der Waals surface area contributed by atoms with Crippen LogP contribution in [-0.2, 0) is 32.9 Å². The van der Waals surface area contributed by atoms with E-state index in [9.17, 15) is 19.5 Å². The first-order chi connectivity index (χ1) is 22.4. The summed E-state index contributed by atoms with van der Waals surface area (Å²) in [5.41, 5.74) is 3.81. The van der Waals surface area contributed by atoms with Crippen LogP contribution in [0.15, 0.2) is 134 Å². The Kier molecular flexibility index (Phi) is 10.4. The van der Waals surface area contributed by atoms with Crippen LogP contribution in [0.4, 0.5) is 0 Å². The zero-order chi connectivity index (χ0) is 32.4. The molecule has 0 fully saturated rings. The minimum atomic E-state index is -1.05. The van der Waals surface area contributed by atoms with Gasteiger partial charge < -0.3 is 20.3 Å². The first kappa shape index (κ1) is 31.9. The molecule has 1 aromatic heterocycles. The number of carbonyl (C=O) groups is 3. The van der Waals surface area contributed by atoms with Gasteiger partial charge in [0, 0.05) is 26.2 Å². The summed E-state index contributed by atoms with van der Waals surface area (Å²) in [7, 11) is 1.51. The summed E-state index contributed by atoms with van der Waals surface area (Å²) in [6.45, 7) is -0.240. The number of carbonyl (C=O) groups excluding carboxylic acids is 2. The van der Waals surface area contributed by atoms with Gasteiger partial charge in [-0.1, -0.05) is 121 Å². The Bertz CT molecular complexity index is 1630. The Labute approximate surface area is 268 Å². The van der Waals surface area contributed by atoms with E-state index in [2.05, 4.69) is 51.6 Å². The first-order valence-electron chi connectivity index (χ1n) is 15.1. The summed E-state index contributed by atoms with van der Waals surface area (Å²) >= 11 is 0. The molecule has 46 heavy (non-hydrogen) atoms. The Balaban J connectivity index is 1.44. The third-order valence-corrected chi connectivity index (χ3v) is 7.88. The van der Waals surface area contributed by atoms with Crippen molar-refractivity contribution in [3.05, 3.63) is 162 Å². The number of nitrogens with one attached hydrogen (secondary N) is 2. The van der Waals surface area contributed by atoms with Crippen LogP contribution in [0.1, 0.15) is 27.9 Å². The molecule has 0 aliphatic heterocycles. The third-order valence-electron chi connectivity index (χ3n) is 7.88. The summed E-state index contributed by atoms with van der Waals surface area (Å²) in [6, 6.07) is 39.0. The Morgan fingerprint density at radius 2 is 1.28 bits per heavy atom. The highest BCUT2D eigenvalue weighted by Crippen LogP contribution is 2.40. The fourth-order valence-electron chi connectivity index (χ4n) is 5.87. The molecule has 1 heterocycles. The fraction of sp³-hybridized carbons (Fsp3) is 0.189. The highest BCUT2D eigenvalue weighted by molar-refractivity contribution is 5.88. The largest absolute Gasteiger partial charge is 0.480 e. The molecule has 2 amide bonds. The van der Waals surface area contributed by atoms with Crippen molar-refractivity contribution in [2.45, 2.75) is 24.5 Å². The maximum absolute atomic E-state index is 13.2. The van der Waals surface area contributed by atoms with Crippen LogP contribution < -0.4 is 10.6 Å². The van der Waals surface area contributed by atoms with Crippen molar-refractivity contribution in [1.82, 2.24) is 25.1 Å². The minimum Gasteiger partial charge on any atom is -0.480 e. The van der Waals surface area contributed by atoms with Crippen LogP contribution in [0.25, 0.3) is 0 Å². The lowest BCUT2D eigenvalue weighted by atomic mass is 9.77. The number of benzene rings is 4. The summed E-state index contributed by atoms with van der Waals surface area (Å²) in [5.74, 6) is -1.88. The van der Waals surface area contributed by atoms with Gasteiger partial charge in [0.05, 0.1) is 25.1 Å². The van der Waals surface area contributed by atoms with E-state index in [0.717, 1.165) is 22.3 Å². The van der Waals surface area contributed by atoms with Gasteiger partial charge in [-0.15, -0.1) is 0 Å². The number of nitrogens with zero attached hydrogens (tertiary/aromatic N) is 3. The molecule has 0 saturated heterocycles. The average molecular weight is 616 g/mol. The molecular weight excluding hydrogens is 578 g/mol. The number of aliphatic carboxylic acids is 1. The molecule has 1 atom stereocenters. The van der Waals surface area contributed by atoms with Crippen molar-refractivity contribution < 1.29 is 19.5 Å². The number of likely N-dealkylation sites (N-methyl/N-ethyl adjacent to an activating group) is 1. The molecule has 0 radical (unpaired) electrons. The molecule has 0 spiro atoms. The van der Waals surface area contributed by atoms with Gasteiger partial charge >= 0.3 is 5.97 Å². The lowest BCUT2D eigenvalue weighted by molar-refractivity contribution is -0.139. The second-order valence-corrected chi connectivity index (χ2v) is 11.0. The van der Waals surface area contributed by atoms with Crippen molar-refractivity contribution in [3.63, 3.8) is 0 Å². The molecule has 9 nitrogen and oxygen atoms in total. The smallest absolute Gasteiger partial charge is 0.317 e. The van der Waals surface area contributed by atoms with E-state index in [-0.39, 0.29) is 32.0 Å². The molecule has 5 rings (SSSR count). The molecule has 0 unspecified atom stereocenters. The lowest BCUT2D eigenvalue weighted by Crippen LogP contribution is -2.50. The summed E-state index contributed by atoms with van der Waals surface area (Å²) in [6.07, 6.45) is 3.81. The topological polar surface area (TPSA) is 117 Å². The number of hydrogen-bond acceptors (Lipinski definition) is 5. The molecule has 0 aliphatic carbocycles. The second kappa shape index (κ2) is 15.0. The van der Waals surface area contributed by atoms with Gasteiger partial charge in [-0.3, -0.25) is 19.3 Å².